The minimum absolute atomic E-state index is 0.0640. The molecule has 0 amide bonds. The van der Waals surface area contributed by atoms with E-state index < -0.39 is 6.10 Å². The number of hydrogen-bond acceptors (Lipinski definition) is 6. The van der Waals surface area contributed by atoms with E-state index in [-0.39, 0.29) is 31.1 Å². The maximum Gasteiger partial charge on any atom is 0.306 e. The summed E-state index contributed by atoms with van der Waals surface area (Å²) in [6.07, 6.45) is 82.5. The van der Waals surface area contributed by atoms with Crippen LogP contribution in [-0.2, 0) is 28.6 Å². The average molecular weight is 1100 g/mol. The number of esters is 3. The number of allylic oxidation sites excluding steroid dienone is 4. The predicted molar refractivity (Wildman–Crippen MR) is 340 cm³/mol. The third kappa shape index (κ3) is 64.7. The molecule has 0 aromatic carbocycles. The van der Waals surface area contributed by atoms with Crippen LogP contribution >= 0.6 is 0 Å². The highest BCUT2D eigenvalue weighted by atomic mass is 16.6. The van der Waals surface area contributed by atoms with Gasteiger partial charge in [0.05, 0.1) is 0 Å². The fourth-order valence-corrected chi connectivity index (χ4v) is 10.9. The Bertz CT molecular complexity index is 1260. The molecule has 0 aliphatic rings. The van der Waals surface area contributed by atoms with Crippen LogP contribution in [0.15, 0.2) is 24.3 Å². The van der Waals surface area contributed by atoms with E-state index in [0.29, 0.717) is 19.3 Å². The van der Waals surface area contributed by atoms with Crippen LogP contribution in [0.5, 0.6) is 0 Å². The zero-order chi connectivity index (χ0) is 56.4. The molecule has 0 saturated carbocycles. The molecule has 0 aromatic heterocycles. The maximum atomic E-state index is 12.9. The van der Waals surface area contributed by atoms with Gasteiger partial charge >= 0.3 is 17.9 Å². The van der Waals surface area contributed by atoms with Gasteiger partial charge in [-0.25, -0.2) is 0 Å². The Hall–Kier alpha value is -2.11. The third-order valence-electron chi connectivity index (χ3n) is 16.2. The van der Waals surface area contributed by atoms with Crippen LogP contribution in [-0.4, -0.2) is 37.2 Å². The van der Waals surface area contributed by atoms with E-state index in [2.05, 4.69) is 45.1 Å². The van der Waals surface area contributed by atoms with Crippen molar-refractivity contribution in [3.63, 3.8) is 0 Å². The van der Waals surface area contributed by atoms with Crippen molar-refractivity contribution < 1.29 is 28.6 Å². The number of carbonyl (C=O) groups is 3. The van der Waals surface area contributed by atoms with Crippen LogP contribution < -0.4 is 0 Å². The summed E-state index contributed by atoms with van der Waals surface area (Å²) < 4.78 is 16.9. The molecule has 0 aliphatic carbocycles. The van der Waals surface area contributed by atoms with Gasteiger partial charge < -0.3 is 14.2 Å². The van der Waals surface area contributed by atoms with E-state index in [1.807, 2.05) is 0 Å². The molecule has 0 fully saturated rings. The number of unbranched alkanes of at least 4 members (excludes halogenated alkanes) is 51. The van der Waals surface area contributed by atoms with Gasteiger partial charge in [0, 0.05) is 19.3 Å². The van der Waals surface area contributed by atoms with E-state index in [4.69, 9.17) is 14.2 Å². The minimum Gasteiger partial charge on any atom is -0.462 e. The van der Waals surface area contributed by atoms with Crippen LogP contribution in [0, 0.1) is 0 Å². The van der Waals surface area contributed by atoms with Gasteiger partial charge in [0.2, 0.25) is 0 Å². The van der Waals surface area contributed by atoms with Gasteiger partial charge in [-0.15, -0.1) is 0 Å². The standard InChI is InChI=1S/C72H136O6/c1-4-7-10-13-16-18-20-22-24-26-28-30-32-33-34-35-36-37-38-39-40-42-43-45-47-49-51-53-56-59-62-65-71(74)77-68-69(67-76-70(73)64-61-58-55-15-12-9-6-3)78-72(75)66-63-60-57-54-52-50-48-46-44-41-31-29-27-25-23-21-19-17-14-11-8-5-2/h20,22,26,28,69H,4-19,21,23-25,27,29-68H2,1-3H3/b22-20-,28-26-. The Morgan fingerprint density at radius 1 is 0.256 bits per heavy atom. The summed E-state index contributed by atoms with van der Waals surface area (Å²) in [5.74, 6) is -0.840. The van der Waals surface area contributed by atoms with Crippen molar-refractivity contribution in [1.29, 1.82) is 0 Å². The lowest BCUT2D eigenvalue weighted by Gasteiger charge is -2.18. The maximum absolute atomic E-state index is 12.9. The molecule has 0 bridgehead atoms. The Kier molecular flexibility index (Phi) is 65.6. The largest absolute Gasteiger partial charge is 0.462 e. The number of carbonyl (C=O) groups excluding carboxylic acids is 3. The lowest BCUT2D eigenvalue weighted by Crippen LogP contribution is -2.30. The van der Waals surface area contributed by atoms with E-state index in [1.165, 1.54) is 295 Å². The summed E-state index contributed by atoms with van der Waals surface area (Å²) in [7, 11) is 0. The Morgan fingerprint density at radius 3 is 0.705 bits per heavy atom. The van der Waals surface area contributed by atoms with Gasteiger partial charge in [0.15, 0.2) is 6.10 Å². The topological polar surface area (TPSA) is 78.9 Å². The van der Waals surface area contributed by atoms with Gasteiger partial charge in [0.25, 0.3) is 0 Å². The van der Waals surface area contributed by atoms with Gasteiger partial charge in [-0.1, -0.05) is 353 Å². The van der Waals surface area contributed by atoms with Gasteiger partial charge in [-0.05, 0) is 51.4 Å². The molecule has 78 heavy (non-hydrogen) atoms. The molecular weight excluding hydrogens is 961 g/mol. The van der Waals surface area contributed by atoms with Crippen molar-refractivity contribution in [2.45, 2.75) is 406 Å². The first kappa shape index (κ1) is 75.9. The molecule has 1 atom stereocenters. The quantitative estimate of drug-likeness (QED) is 0.0261. The predicted octanol–water partition coefficient (Wildman–Crippen LogP) is 24.2. The van der Waals surface area contributed by atoms with Gasteiger partial charge in [0.1, 0.15) is 13.2 Å². The van der Waals surface area contributed by atoms with Crippen LogP contribution in [0.3, 0.4) is 0 Å². The summed E-state index contributed by atoms with van der Waals surface area (Å²) in [4.78, 5) is 38.2. The highest BCUT2D eigenvalue weighted by molar-refractivity contribution is 5.71. The zero-order valence-electron chi connectivity index (χ0n) is 53.0. The SMILES string of the molecule is CCCCCCC/C=C\C/C=C\CCCCCCCCCCCCCCCCCCCCCC(=O)OCC(COC(=O)CCCCCCCCC)OC(=O)CCCCCCCCCCCCCCCCCCCCCCCC. The number of ether oxygens (including phenoxy) is 3. The van der Waals surface area contributed by atoms with Gasteiger partial charge in [-0.3, -0.25) is 14.4 Å². The molecule has 6 nitrogen and oxygen atoms in total. The Balaban J connectivity index is 3.98. The molecule has 0 heterocycles. The van der Waals surface area contributed by atoms with Crippen LogP contribution in [0.4, 0.5) is 0 Å². The van der Waals surface area contributed by atoms with Gasteiger partial charge in [-0.2, -0.15) is 0 Å². The number of hydrogen-bond donors (Lipinski definition) is 0. The lowest BCUT2D eigenvalue weighted by atomic mass is 10.0. The molecule has 460 valence electrons. The van der Waals surface area contributed by atoms with Crippen molar-refractivity contribution in [3.05, 3.63) is 24.3 Å². The molecule has 0 spiro atoms. The monoisotopic (exact) mass is 1100 g/mol. The number of rotatable bonds is 66. The fraction of sp³-hybridized carbons (Fsp3) is 0.903. The van der Waals surface area contributed by atoms with Crippen LogP contribution in [0.25, 0.3) is 0 Å². The van der Waals surface area contributed by atoms with Crippen molar-refractivity contribution >= 4 is 17.9 Å². The molecule has 0 aromatic rings. The van der Waals surface area contributed by atoms with Crippen molar-refractivity contribution in [3.8, 4) is 0 Å². The van der Waals surface area contributed by atoms with E-state index in [1.54, 1.807) is 0 Å². The highest BCUT2D eigenvalue weighted by Gasteiger charge is 2.19. The summed E-state index contributed by atoms with van der Waals surface area (Å²) in [5, 5.41) is 0. The lowest BCUT2D eigenvalue weighted by molar-refractivity contribution is -0.167. The molecule has 0 rings (SSSR count). The second-order valence-electron chi connectivity index (χ2n) is 24.2. The molecule has 1 unspecified atom stereocenters. The summed E-state index contributed by atoms with van der Waals surface area (Å²) in [6.45, 7) is 6.66. The molecule has 0 radical (unpaired) electrons. The van der Waals surface area contributed by atoms with Crippen LogP contribution in [0.1, 0.15) is 400 Å². The average Bonchev–Trinajstić information content (AvgIpc) is 3.44. The molecule has 0 saturated heterocycles. The molecule has 0 aliphatic heterocycles. The molecule has 6 heteroatoms. The van der Waals surface area contributed by atoms with Crippen LogP contribution in [0.2, 0.25) is 0 Å². The second kappa shape index (κ2) is 67.4. The second-order valence-corrected chi connectivity index (χ2v) is 24.2. The Morgan fingerprint density at radius 2 is 0.462 bits per heavy atom. The first-order chi connectivity index (χ1) is 38.5. The highest BCUT2D eigenvalue weighted by Crippen LogP contribution is 2.19. The third-order valence-corrected chi connectivity index (χ3v) is 16.2. The van der Waals surface area contributed by atoms with E-state index in [9.17, 15) is 14.4 Å². The Labute approximate surface area is 487 Å². The van der Waals surface area contributed by atoms with E-state index >= 15 is 0 Å². The smallest absolute Gasteiger partial charge is 0.306 e. The molecule has 0 N–H and O–H groups in total. The first-order valence-corrected chi connectivity index (χ1v) is 35.3. The van der Waals surface area contributed by atoms with Crippen molar-refractivity contribution in [1.82, 2.24) is 0 Å². The summed E-state index contributed by atoms with van der Waals surface area (Å²) in [6, 6.07) is 0. The fourth-order valence-electron chi connectivity index (χ4n) is 10.9. The van der Waals surface area contributed by atoms with Crippen molar-refractivity contribution in [2.24, 2.45) is 0 Å². The van der Waals surface area contributed by atoms with Crippen molar-refractivity contribution in [2.75, 3.05) is 13.2 Å². The van der Waals surface area contributed by atoms with E-state index in [0.717, 1.165) is 64.2 Å². The molecular formula is C72H136O6. The first-order valence-electron chi connectivity index (χ1n) is 35.3. The minimum atomic E-state index is -0.764. The zero-order valence-corrected chi connectivity index (χ0v) is 53.0. The summed E-state index contributed by atoms with van der Waals surface area (Å²) >= 11 is 0. The summed E-state index contributed by atoms with van der Waals surface area (Å²) in [5.41, 5.74) is 0. The normalized spacial score (nSPS) is 12.1.